The van der Waals surface area contributed by atoms with E-state index in [2.05, 4.69) is 34.6 Å². The maximum Gasteiger partial charge on any atom is 0.160 e. The lowest BCUT2D eigenvalue weighted by Crippen LogP contribution is -2.25. The Morgan fingerprint density at radius 2 is 2.06 bits per heavy atom. The van der Waals surface area contributed by atoms with Gasteiger partial charge in [0.1, 0.15) is 5.82 Å². The number of aromatic nitrogens is 2. The molecule has 0 aliphatic rings. The summed E-state index contributed by atoms with van der Waals surface area (Å²) >= 11 is 0. The van der Waals surface area contributed by atoms with Crippen molar-refractivity contribution in [1.29, 1.82) is 0 Å². The molecule has 1 aromatic rings. The molecule has 0 aliphatic carbocycles. The highest BCUT2D eigenvalue weighted by atomic mass is 16.5. The van der Waals surface area contributed by atoms with Crippen molar-refractivity contribution in [3.8, 4) is 0 Å². The summed E-state index contributed by atoms with van der Waals surface area (Å²) in [5, 5.41) is 3.24. The van der Waals surface area contributed by atoms with Gasteiger partial charge in [0, 0.05) is 20.3 Å². The molecule has 0 aromatic carbocycles. The monoisotopic (exact) mass is 239 g/mol. The van der Waals surface area contributed by atoms with Crippen LogP contribution in [0.3, 0.4) is 0 Å². The molecule has 6 nitrogen and oxygen atoms in total. The number of hydrogen-bond donors (Lipinski definition) is 3. The number of hydrazine groups is 1. The van der Waals surface area contributed by atoms with Gasteiger partial charge in [0.05, 0.1) is 12.4 Å². The lowest BCUT2D eigenvalue weighted by molar-refractivity contribution is 0.157. The SMILES string of the molecule is COCCC(C)(C)CNc1cncc(NN)n1. The molecule has 0 saturated carbocycles. The molecule has 96 valence electrons. The normalized spacial score (nSPS) is 11.3. The van der Waals surface area contributed by atoms with Gasteiger partial charge in [-0.2, -0.15) is 0 Å². The van der Waals surface area contributed by atoms with Crippen LogP contribution < -0.4 is 16.6 Å². The lowest BCUT2D eigenvalue weighted by atomic mass is 9.90. The predicted octanol–water partition coefficient (Wildman–Crippen LogP) is 1.24. The summed E-state index contributed by atoms with van der Waals surface area (Å²) < 4.78 is 5.08. The van der Waals surface area contributed by atoms with Gasteiger partial charge in [-0.3, -0.25) is 4.98 Å². The van der Waals surface area contributed by atoms with Crippen LogP contribution >= 0.6 is 0 Å². The molecule has 1 aromatic heterocycles. The highest BCUT2D eigenvalue weighted by Gasteiger charge is 2.17. The maximum atomic E-state index is 5.27. The van der Waals surface area contributed by atoms with Crippen LogP contribution in [0.1, 0.15) is 20.3 Å². The van der Waals surface area contributed by atoms with E-state index in [1.54, 1.807) is 19.5 Å². The Morgan fingerprint density at radius 3 is 2.71 bits per heavy atom. The van der Waals surface area contributed by atoms with Gasteiger partial charge in [-0.25, -0.2) is 10.8 Å². The van der Waals surface area contributed by atoms with Gasteiger partial charge in [-0.15, -0.1) is 0 Å². The number of nitrogens with zero attached hydrogens (tertiary/aromatic N) is 2. The molecule has 0 amide bonds. The molecule has 1 rings (SSSR count). The average Bonchev–Trinajstić information content (AvgIpc) is 2.34. The van der Waals surface area contributed by atoms with E-state index in [4.69, 9.17) is 10.6 Å². The fraction of sp³-hybridized carbons (Fsp3) is 0.636. The van der Waals surface area contributed by atoms with Gasteiger partial charge in [0.15, 0.2) is 5.82 Å². The summed E-state index contributed by atoms with van der Waals surface area (Å²) in [5.74, 6) is 6.53. The fourth-order valence-corrected chi connectivity index (χ4v) is 1.32. The number of methoxy groups -OCH3 is 1. The van der Waals surface area contributed by atoms with Crippen LogP contribution in [0.2, 0.25) is 0 Å². The van der Waals surface area contributed by atoms with Gasteiger partial charge in [-0.1, -0.05) is 13.8 Å². The molecule has 0 saturated heterocycles. The second-order valence-electron chi connectivity index (χ2n) is 4.69. The highest BCUT2D eigenvalue weighted by Crippen LogP contribution is 2.20. The van der Waals surface area contributed by atoms with Crippen LogP contribution in [0.15, 0.2) is 12.4 Å². The second kappa shape index (κ2) is 6.36. The van der Waals surface area contributed by atoms with E-state index in [9.17, 15) is 0 Å². The first kappa shape index (κ1) is 13.7. The van der Waals surface area contributed by atoms with Crippen LogP contribution in [0.25, 0.3) is 0 Å². The minimum absolute atomic E-state index is 0.143. The molecule has 0 spiro atoms. The van der Waals surface area contributed by atoms with Crippen molar-refractivity contribution in [2.45, 2.75) is 20.3 Å². The second-order valence-corrected chi connectivity index (χ2v) is 4.69. The van der Waals surface area contributed by atoms with Crippen LogP contribution in [0.4, 0.5) is 11.6 Å². The van der Waals surface area contributed by atoms with E-state index in [1.165, 1.54) is 0 Å². The third-order valence-electron chi connectivity index (χ3n) is 2.51. The molecule has 0 atom stereocenters. The van der Waals surface area contributed by atoms with Crippen molar-refractivity contribution < 1.29 is 4.74 Å². The molecule has 0 bridgehead atoms. The Morgan fingerprint density at radius 1 is 1.35 bits per heavy atom. The van der Waals surface area contributed by atoms with Crippen molar-refractivity contribution in [2.24, 2.45) is 11.3 Å². The summed E-state index contributed by atoms with van der Waals surface area (Å²) in [6.45, 7) is 5.92. The molecule has 0 unspecified atom stereocenters. The minimum atomic E-state index is 0.143. The van der Waals surface area contributed by atoms with Crippen molar-refractivity contribution in [3.63, 3.8) is 0 Å². The van der Waals surface area contributed by atoms with Crippen LogP contribution in [-0.4, -0.2) is 30.2 Å². The van der Waals surface area contributed by atoms with Gasteiger partial charge >= 0.3 is 0 Å². The Bertz CT molecular complexity index is 342. The quantitative estimate of drug-likeness (QED) is 0.490. The third-order valence-corrected chi connectivity index (χ3v) is 2.51. The summed E-state index contributed by atoms with van der Waals surface area (Å²) in [6, 6.07) is 0. The van der Waals surface area contributed by atoms with E-state index in [0.29, 0.717) is 11.6 Å². The number of ether oxygens (including phenoxy) is 1. The van der Waals surface area contributed by atoms with Crippen molar-refractivity contribution >= 4 is 11.6 Å². The average molecular weight is 239 g/mol. The molecule has 6 heteroatoms. The number of rotatable bonds is 7. The Labute approximate surface area is 102 Å². The predicted molar refractivity (Wildman–Crippen MR) is 68.6 cm³/mol. The van der Waals surface area contributed by atoms with Gasteiger partial charge in [-0.05, 0) is 11.8 Å². The first-order valence-corrected chi connectivity index (χ1v) is 5.59. The topological polar surface area (TPSA) is 85.1 Å². The molecule has 17 heavy (non-hydrogen) atoms. The standard InChI is InChI=1S/C11H21N5O/c1-11(2,4-5-17-3)8-14-9-6-13-7-10(15-9)16-12/h6-7H,4-5,8,12H2,1-3H3,(H2,14,15,16). The highest BCUT2D eigenvalue weighted by molar-refractivity contribution is 5.40. The van der Waals surface area contributed by atoms with Crippen LogP contribution in [0.5, 0.6) is 0 Å². The molecule has 0 fully saturated rings. The molecule has 0 radical (unpaired) electrons. The van der Waals surface area contributed by atoms with Crippen molar-refractivity contribution in [1.82, 2.24) is 9.97 Å². The fourth-order valence-electron chi connectivity index (χ4n) is 1.32. The summed E-state index contributed by atoms with van der Waals surface area (Å²) in [4.78, 5) is 8.26. The van der Waals surface area contributed by atoms with E-state index < -0.39 is 0 Å². The first-order valence-electron chi connectivity index (χ1n) is 5.59. The molecule has 4 N–H and O–H groups in total. The Balaban J connectivity index is 2.48. The number of nitrogens with two attached hydrogens (primary N) is 1. The van der Waals surface area contributed by atoms with Gasteiger partial charge in [0.25, 0.3) is 0 Å². The van der Waals surface area contributed by atoms with Crippen molar-refractivity contribution in [3.05, 3.63) is 12.4 Å². The first-order chi connectivity index (χ1) is 8.07. The minimum Gasteiger partial charge on any atom is -0.385 e. The molecule has 1 heterocycles. The zero-order valence-corrected chi connectivity index (χ0v) is 10.7. The van der Waals surface area contributed by atoms with Crippen molar-refractivity contribution in [2.75, 3.05) is 31.0 Å². The maximum absolute atomic E-state index is 5.27. The van der Waals surface area contributed by atoms with E-state index >= 15 is 0 Å². The number of anilines is 2. The largest absolute Gasteiger partial charge is 0.385 e. The van der Waals surface area contributed by atoms with Crippen LogP contribution in [0, 0.1) is 5.41 Å². The van der Waals surface area contributed by atoms with E-state index in [1.807, 2.05) is 0 Å². The van der Waals surface area contributed by atoms with Gasteiger partial charge < -0.3 is 15.5 Å². The number of nitrogens with one attached hydrogen (secondary N) is 2. The zero-order valence-electron chi connectivity index (χ0n) is 10.7. The molecular formula is C11H21N5O. The van der Waals surface area contributed by atoms with E-state index in [0.717, 1.165) is 19.6 Å². The summed E-state index contributed by atoms with van der Waals surface area (Å²) in [5.41, 5.74) is 2.61. The number of hydrogen-bond acceptors (Lipinski definition) is 6. The molecule has 0 aliphatic heterocycles. The summed E-state index contributed by atoms with van der Waals surface area (Å²) in [6.07, 6.45) is 4.23. The Hall–Kier alpha value is -1.40. The molecular weight excluding hydrogens is 218 g/mol. The van der Waals surface area contributed by atoms with E-state index in [-0.39, 0.29) is 5.41 Å². The smallest absolute Gasteiger partial charge is 0.160 e. The van der Waals surface area contributed by atoms with Gasteiger partial charge in [0.2, 0.25) is 0 Å². The summed E-state index contributed by atoms with van der Waals surface area (Å²) in [7, 11) is 1.71. The zero-order chi connectivity index (χ0) is 12.7. The third kappa shape index (κ3) is 4.97. The lowest BCUT2D eigenvalue weighted by Gasteiger charge is -2.24. The Kier molecular flexibility index (Phi) is 5.11. The number of nitrogen functional groups attached to an aromatic ring is 1. The van der Waals surface area contributed by atoms with Crippen LogP contribution in [-0.2, 0) is 4.74 Å².